The molecule has 0 aliphatic rings. The average molecular weight is 468 g/mol. The summed E-state index contributed by atoms with van der Waals surface area (Å²) in [5.74, 6) is -1.90. The lowest BCUT2D eigenvalue weighted by atomic mass is 10.0. The second-order valence-corrected chi connectivity index (χ2v) is 7.12. The van der Waals surface area contributed by atoms with Crippen molar-refractivity contribution in [3.05, 3.63) is 59.5 Å². The Morgan fingerprint density at radius 2 is 1.73 bits per heavy atom. The second-order valence-electron chi connectivity index (χ2n) is 7.12. The third-order valence-electron chi connectivity index (χ3n) is 4.78. The molecule has 0 bridgehead atoms. The first kappa shape index (κ1) is 22.3. The smallest absolute Gasteiger partial charge is 0.306 e. The number of rotatable bonds is 3. The number of carbonyl (C=O) groups is 1. The fourth-order valence-corrected chi connectivity index (χ4v) is 3.39. The zero-order valence-electron chi connectivity index (χ0n) is 17.0. The Morgan fingerprint density at radius 1 is 1.00 bits per heavy atom. The summed E-state index contributed by atoms with van der Waals surface area (Å²) in [5.41, 5.74) is -3.24. The number of benzene rings is 1. The molecule has 33 heavy (non-hydrogen) atoms. The van der Waals surface area contributed by atoms with Crippen LogP contribution in [0.15, 0.2) is 42.7 Å². The van der Waals surface area contributed by atoms with Crippen molar-refractivity contribution in [3.63, 3.8) is 0 Å². The lowest BCUT2D eigenvalue weighted by molar-refractivity contribution is -0.141. The summed E-state index contributed by atoms with van der Waals surface area (Å²) in [6.07, 6.45) is -7.40. The maximum Gasteiger partial charge on any atom is 0.433 e. The van der Waals surface area contributed by atoms with Gasteiger partial charge in [-0.2, -0.15) is 36.5 Å². The maximum atomic E-state index is 14.1. The van der Waals surface area contributed by atoms with E-state index in [4.69, 9.17) is 0 Å². The van der Waals surface area contributed by atoms with Crippen LogP contribution in [0, 0.1) is 0 Å². The van der Waals surface area contributed by atoms with Crippen LogP contribution in [-0.2, 0) is 26.4 Å². The predicted molar refractivity (Wildman–Crippen MR) is 105 cm³/mol. The highest BCUT2D eigenvalue weighted by Crippen LogP contribution is 2.43. The Bertz CT molecular complexity index is 1370. The number of nitrogens with zero attached hydrogens (tertiary/aromatic N) is 5. The van der Waals surface area contributed by atoms with E-state index in [1.165, 1.54) is 17.8 Å². The molecule has 0 saturated carbocycles. The van der Waals surface area contributed by atoms with Crippen molar-refractivity contribution >= 4 is 22.6 Å². The molecule has 0 atom stereocenters. The van der Waals surface area contributed by atoms with Gasteiger partial charge in [0.2, 0.25) is 0 Å². The maximum absolute atomic E-state index is 14.1. The van der Waals surface area contributed by atoms with Gasteiger partial charge in [-0.05, 0) is 12.1 Å². The van der Waals surface area contributed by atoms with Gasteiger partial charge in [-0.25, -0.2) is 0 Å². The van der Waals surface area contributed by atoms with Crippen LogP contribution in [0.4, 0.5) is 32.2 Å². The Kier molecular flexibility index (Phi) is 5.14. The molecule has 4 rings (SSSR count). The molecular formula is C20H14F6N6O. The first-order chi connectivity index (χ1) is 15.4. The number of anilines is 1. The highest BCUT2D eigenvalue weighted by atomic mass is 19.4. The van der Waals surface area contributed by atoms with Gasteiger partial charge >= 0.3 is 12.4 Å². The molecule has 0 spiro atoms. The summed E-state index contributed by atoms with van der Waals surface area (Å²) in [7, 11) is 2.79. The van der Waals surface area contributed by atoms with Crippen molar-refractivity contribution in [1.82, 2.24) is 24.5 Å². The van der Waals surface area contributed by atoms with E-state index in [9.17, 15) is 31.1 Å². The summed E-state index contributed by atoms with van der Waals surface area (Å²) in [4.78, 5) is 15.7. The third-order valence-corrected chi connectivity index (χ3v) is 4.78. The molecule has 0 aliphatic heterocycles. The molecule has 1 aromatic carbocycles. The molecule has 13 heteroatoms. The van der Waals surface area contributed by atoms with Gasteiger partial charge in [-0.15, -0.1) is 0 Å². The van der Waals surface area contributed by atoms with Crippen LogP contribution in [0.2, 0.25) is 0 Å². The zero-order valence-corrected chi connectivity index (χ0v) is 17.0. The van der Waals surface area contributed by atoms with Crippen LogP contribution in [0.3, 0.4) is 0 Å². The SMILES string of the molecule is Cn1cc2cccc(-c3nn(C)c(NC(=O)c4ccnc(C(F)(F)F)c4)c3C(F)(F)F)c2n1. The number of nitrogens with one attached hydrogen (secondary N) is 1. The van der Waals surface area contributed by atoms with Gasteiger partial charge in [0.15, 0.2) is 0 Å². The summed E-state index contributed by atoms with van der Waals surface area (Å²) < 4.78 is 83.2. The van der Waals surface area contributed by atoms with E-state index < -0.39 is 46.6 Å². The van der Waals surface area contributed by atoms with E-state index in [1.54, 1.807) is 25.4 Å². The summed E-state index contributed by atoms with van der Waals surface area (Å²) in [5, 5.41) is 10.8. The normalized spacial score (nSPS) is 12.4. The average Bonchev–Trinajstić information content (AvgIpc) is 3.26. The van der Waals surface area contributed by atoms with Crippen LogP contribution in [0.5, 0.6) is 0 Å². The number of amides is 1. The third kappa shape index (κ3) is 4.13. The number of hydrogen-bond donors (Lipinski definition) is 1. The molecule has 3 heterocycles. The topological polar surface area (TPSA) is 77.6 Å². The molecule has 7 nitrogen and oxygen atoms in total. The molecule has 1 N–H and O–H groups in total. The van der Waals surface area contributed by atoms with Crippen LogP contribution >= 0.6 is 0 Å². The first-order valence-corrected chi connectivity index (χ1v) is 9.28. The van der Waals surface area contributed by atoms with Gasteiger partial charge in [0.25, 0.3) is 5.91 Å². The molecule has 1 amide bonds. The first-order valence-electron chi connectivity index (χ1n) is 9.28. The lowest BCUT2D eigenvalue weighted by Gasteiger charge is -2.13. The Labute approximate surface area is 181 Å². The van der Waals surface area contributed by atoms with Gasteiger partial charge in [-0.3, -0.25) is 19.1 Å². The van der Waals surface area contributed by atoms with Crippen LogP contribution in [0.25, 0.3) is 22.2 Å². The number of alkyl halides is 6. The highest BCUT2D eigenvalue weighted by molar-refractivity contribution is 6.05. The van der Waals surface area contributed by atoms with Crippen molar-refractivity contribution in [1.29, 1.82) is 0 Å². The fourth-order valence-electron chi connectivity index (χ4n) is 3.39. The fraction of sp³-hybridized carbons (Fsp3) is 0.200. The van der Waals surface area contributed by atoms with Gasteiger partial charge in [0.05, 0.1) is 0 Å². The van der Waals surface area contributed by atoms with Crippen molar-refractivity contribution in [2.45, 2.75) is 12.4 Å². The largest absolute Gasteiger partial charge is 0.433 e. The van der Waals surface area contributed by atoms with E-state index in [0.29, 0.717) is 11.5 Å². The predicted octanol–water partition coefficient (Wildman–Crippen LogP) is 4.66. The van der Waals surface area contributed by atoms with E-state index in [0.717, 1.165) is 16.9 Å². The number of carbonyl (C=O) groups excluding carboxylic acids is 1. The minimum absolute atomic E-state index is 0.0831. The highest BCUT2D eigenvalue weighted by Gasteiger charge is 2.41. The van der Waals surface area contributed by atoms with Gasteiger partial charge in [0, 0.05) is 43.0 Å². The molecule has 4 aromatic rings. The zero-order chi connectivity index (χ0) is 24.1. The van der Waals surface area contributed by atoms with E-state index in [2.05, 4.69) is 15.2 Å². The second kappa shape index (κ2) is 7.60. The molecular weight excluding hydrogens is 454 g/mol. The van der Waals surface area contributed by atoms with Crippen molar-refractivity contribution in [3.8, 4) is 11.3 Å². The van der Waals surface area contributed by atoms with Gasteiger partial charge < -0.3 is 5.32 Å². The Hall–Kier alpha value is -3.90. The van der Waals surface area contributed by atoms with Gasteiger partial charge in [-0.1, -0.05) is 18.2 Å². The van der Waals surface area contributed by atoms with Crippen LogP contribution in [-0.4, -0.2) is 30.5 Å². The molecule has 172 valence electrons. The Balaban J connectivity index is 1.82. The molecule has 0 saturated heterocycles. The number of halogens is 6. The standard InChI is InChI=1S/C20H14F6N6O/c1-31-9-11-4-3-5-12(15(11)29-31)16-14(20(24,25)26)17(32(2)30-16)28-18(33)10-6-7-27-13(8-10)19(21,22)23/h3-9H,1-2H3,(H,28,33). The minimum atomic E-state index is -4.95. The number of hydrogen-bond acceptors (Lipinski definition) is 4. The number of fused-ring (bicyclic) bond motifs is 1. The van der Waals surface area contributed by atoms with Crippen LogP contribution < -0.4 is 5.32 Å². The molecule has 0 fully saturated rings. The van der Waals surface area contributed by atoms with E-state index >= 15 is 0 Å². The minimum Gasteiger partial charge on any atom is -0.306 e. The number of aryl methyl sites for hydroxylation is 2. The van der Waals surface area contributed by atoms with E-state index in [1.807, 2.05) is 5.32 Å². The molecule has 0 unspecified atom stereocenters. The summed E-state index contributed by atoms with van der Waals surface area (Å²) in [6, 6.07) is 6.05. The number of aromatic nitrogens is 5. The summed E-state index contributed by atoms with van der Waals surface area (Å²) >= 11 is 0. The molecule has 0 radical (unpaired) electrons. The number of pyridine rings is 1. The molecule has 0 aliphatic carbocycles. The lowest BCUT2D eigenvalue weighted by Crippen LogP contribution is -2.19. The molecule has 3 aromatic heterocycles. The van der Waals surface area contributed by atoms with Gasteiger partial charge in [0.1, 0.15) is 28.3 Å². The summed E-state index contributed by atoms with van der Waals surface area (Å²) in [6.45, 7) is 0. The van der Waals surface area contributed by atoms with Crippen molar-refractivity contribution in [2.24, 2.45) is 14.1 Å². The van der Waals surface area contributed by atoms with Crippen molar-refractivity contribution < 1.29 is 31.1 Å². The Morgan fingerprint density at radius 3 is 2.39 bits per heavy atom. The van der Waals surface area contributed by atoms with E-state index in [-0.39, 0.29) is 11.1 Å². The van der Waals surface area contributed by atoms with Crippen LogP contribution in [0.1, 0.15) is 21.6 Å². The quantitative estimate of drug-likeness (QED) is 0.444. The van der Waals surface area contributed by atoms with Crippen molar-refractivity contribution in [2.75, 3.05) is 5.32 Å². The monoisotopic (exact) mass is 468 g/mol.